The van der Waals surface area contributed by atoms with E-state index >= 15 is 0 Å². The number of hydrogen-bond donors (Lipinski definition) is 1. The van der Waals surface area contributed by atoms with Crippen LogP contribution in [0.1, 0.15) is 5.56 Å². The fourth-order valence-corrected chi connectivity index (χ4v) is 2.33. The zero-order valence-corrected chi connectivity index (χ0v) is 12.6. The van der Waals surface area contributed by atoms with Gasteiger partial charge in [0.2, 0.25) is 0 Å². The monoisotopic (exact) mass is 310 g/mol. The van der Waals surface area contributed by atoms with Crippen LogP contribution < -0.4 is 11.2 Å². The Kier molecular flexibility index (Phi) is 3.50. The van der Waals surface area contributed by atoms with E-state index in [1.54, 1.807) is 29.8 Å². The Morgan fingerprint density at radius 2 is 2.04 bits per heavy atom. The lowest BCUT2D eigenvalue weighted by Crippen LogP contribution is -2.38. The molecule has 116 valence electrons. The van der Waals surface area contributed by atoms with E-state index in [1.807, 2.05) is 0 Å². The van der Waals surface area contributed by atoms with Gasteiger partial charge in [-0.25, -0.2) is 9.78 Å². The lowest BCUT2D eigenvalue weighted by Gasteiger charge is -2.05. The van der Waals surface area contributed by atoms with Crippen molar-refractivity contribution in [3.8, 4) is 17.6 Å². The van der Waals surface area contributed by atoms with Crippen LogP contribution in [0, 0.1) is 11.8 Å². The molecule has 0 bridgehead atoms. The molecule has 0 amide bonds. The molecule has 0 atom stereocenters. The van der Waals surface area contributed by atoms with Crippen LogP contribution in [0.2, 0.25) is 0 Å². The molecule has 0 saturated heterocycles. The van der Waals surface area contributed by atoms with Crippen molar-refractivity contribution < 1.29 is 5.11 Å². The lowest BCUT2D eigenvalue weighted by molar-refractivity contribution is 0.475. The summed E-state index contributed by atoms with van der Waals surface area (Å²) >= 11 is 0. The van der Waals surface area contributed by atoms with Gasteiger partial charge in [-0.1, -0.05) is 17.9 Å². The van der Waals surface area contributed by atoms with E-state index in [0.717, 1.165) is 4.57 Å². The van der Waals surface area contributed by atoms with Crippen LogP contribution in [0.5, 0.6) is 5.75 Å². The highest BCUT2D eigenvalue weighted by molar-refractivity contribution is 5.70. The summed E-state index contributed by atoms with van der Waals surface area (Å²) in [5.74, 6) is 5.87. The highest BCUT2D eigenvalue weighted by atomic mass is 16.3. The van der Waals surface area contributed by atoms with Gasteiger partial charge in [-0.3, -0.25) is 13.9 Å². The molecule has 0 aliphatic heterocycles. The summed E-state index contributed by atoms with van der Waals surface area (Å²) in [5, 5.41) is 9.41. The van der Waals surface area contributed by atoms with Crippen molar-refractivity contribution in [2.24, 2.45) is 14.1 Å². The predicted octanol–water partition coefficient (Wildman–Crippen LogP) is 0.191. The molecule has 1 aromatic carbocycles. The summed E-state index contributed by atoms with van der Waals surface area (Å²) in [7, 11) is 3.13. The maximum absolute atomic E-state index is 12.3. The first-order chi connectivity index (χ1) is 11.0. The smallest absolute Gasteiger partial charge is 0.333 e. The molecule has 0 saturated carbocycles. The molecule has 2 aromatic heterocycles. The lowest BCUT2D eigenvalue weighted by atomic mass is 10.2. The molecule has 0 radical (unpaired) electrons. The Morgan fingerprint density at radius 1 is 1.26 bits per heavy atom. The molecule has 7 nitrogen and oxygen atoms in total. The van der Waals surface area contributed by atoms with Gasteiger partial charge >= 0.3 is 5.69 Å². The van der Waals surface area contributed by atoms with Gasteiger partial charge in [-0.2, -0.15) is 0 Å². The summed E-state index contributed by atoms with van der Waals surface area (Å²) < 4.78 is 3.98. The van der Waals surface area contributed by atoms with Gasteiger partial charge in [-0.05, 0) is 18.2 Å². The molecule has 1 N–H and O–H groups in total. The molecule has 0 aliphatic carbocycles. The Balaban J connectivity index is 2.08. The molecule has 7 heteroatoms. The van der Waals surface area contributed by atoms with Crippen LogP contribution >= 0.6 is 0 Å². The van der Waals surface area contributed by atoms with Gasteiger partial charge in [0, 0.05) is 19.7 Å². The van der Waals surface area contributed by atoms with Crippen LogP contribution in [-0.4, -0.2) is 23.8 Å². The van der Waals surface area contributed by atoms with E-state index in [-0.39, 0.29) is 17.9 Å². The van der Waals surface area contributed by atoms with Gasteiger partial charge in [0.25, 0.3) is 5.56 Å². The number of rotatable bonds is 1. The van der Waals surface area contributed by atoms with Gasteiger partial charge in [0.05, 0.1) is 12.9 Å². The zero-order valence-electron chi connectivity index (χ0n) is 12.6. The highest BCUT2D eigenvalue weighted by Crippen LogP contribution is 2.09. The van der Waals surface area contributed by atoms with Gasteiger partial charge in [0.15, 0.2) is 11.2 Å². The molecule has 3 rings (SSSR count). The molecule has 0 fully saturated rings. The van der Waals surface area contributed by atoms with Crippen molar-refractivity contribution in [2.45, 2.75) is 6.54 Å². The number of phenolic OH excluding ortho intramolecular Hbond substituents is 1. The minimum absolute atomic E-state index is 0.0934. The van der Waals surface area contributed by atoms with E-state index in [2.05, 4.69) is 16.8 Å². The summed E-state index contributed by atoms with van der Waals surface area (Å²) in [4.78, 5) is 28.5. The van der Waals surface area contributed by atoms with Crippen LogP contribution in [0.15, 0.2) is 40.2 Å². The standard InChI is InChI=1S/C16H14N4O3/c1-18-10-17-14-13(18)15(22)19(2)16(23)20(14)8-4-6-11-5-3-7-12(21)9-11/h3,5,7,9-10,21H,8H2,1-2H3. The van der Waals surface area contributed by atoms with Crippen LogP contribution in [0.4, 0.5) is 0 Å². The van der Waals surface area contributed by atoms with Crippen molar-refractivity contribution in [1.82, 2.24) is 18.7 Å². The number of benzene rings is 1. The average Bonchev–Trinajstić information content (AvgIpc) is 2.90. The van der Waals surface area contributed by atoms with Gasteiger partial charge in [-0.15, -0.1) is 0 Å². The number of aromatic nitrogens is 4. The Labute approximate surface area is 131 Å². The number of fused-ring (bicyclic) bond motifs is 1. The van der Waals surface area contributed by atoms with Crippen LogP contribution in [-0.2, 0) is 20.6 Å². The molecule has 23 heavy (non-hydrogen) atoms. The number of imidazole rings is 1. The fourth-order valence-electron chi connectivity index (χ4n) is 2.33. The maximum Gasteiger partial charge on any atom is 0.333 e. The average molecular weight is 310 g/mol. The Hall–Kier alpha value is -3.27. The minimum atomic E-state index is -0.466. The van der Waals surface area contributed by atoms with Gasteiger partial charge < -0.3 is 9.67 Å². The second kappa shape index (κ2) is 5.50. The van der Waals surface area contributed by atoms with Crippen molar-refractivity contribution >= 4 is 11.2 Å². The molecule has 0 aliphatic rings. The maximum atomic E-state index is 12.3. The molecule has 0 unspecified atom stereocenters. The minimum Gasteiger partial charge on any atom is -0.508 e. The van der Waals surface area contributed by atoms with Crippen molar-refractivity contribution in [1.29, 1.82) is 0 Å². The number of nitrogens with zero attached hydrogens (tertiary/aromatic N) is 4. The highest BCUT2D eigenvalue weighted by Gasteiger charge is 2.13. The fraction of sp³-hybridized carbons (Fsp3) is 0.188. The van der Waals surface area contributed by atoms with Crippen molar-refractivity contribution in [3.63, 3.8) is 0 Å². The summed E-state index contributed by atoms with van der Waals surface area (Å²) in [6.07, 6.45) is 1.49. The molecular formula is C16H14N4O3. The van der Waals surface area contributed by atoms with E-state index < -0.39 is 5.69 Å². The van der Waals surface area contributed by atoms with E-state index in [1.165, 1.54) is 24.0 Å². The Bertz CT molecular complexity index is 1080. The van der Waals surface area contributed by atoms with Crippen LogP contribution in [0.25, 0.3) is 11.2 Å². The molecule has 0 spiro atoms. The summed E-state index contributed by atoms with van der Waals surface area (Å²) in [5.41, 5.74) is 0.450. The second-order valence-electron chi connectivity index (χ2n) is 5.11. The zero-order chi connectivity index (χ0) is 16.6. The normalized spacial score (nSPS) is 10.5. The largest absolute Gasteiger partial charge is 0.508 e. The quantitative estimate of drug-likeness (QED) is 0.651. The van der Waals surface area contributed by atoms with Gasteiger partial charge in [0.1, 0.15) is 5.75 Å². The third kappa shape index (κ3) is 2.51. The first-order valence-corrected chi connectivity index (χ1v) is 6.88. The molecular weight excluding hydrogens is 296 g/mol. The summed E-state index contributed by atoms with van der Waals surface area (Å²) in [6, 6.07) is 6.54. The number of hydrogen-bond acceptors (Lipinski definition) is 4. The van der Waals surface area contributed by atoms with Crippen LogP contribution in [0.3, 0.4) is 0 Å². The number of aromatic hydroxyl groups is 1. The second-order valence-corrected chi connectivity index (χ2v) is 5.11. The third-order valence-corrected chi connectivity index (χ3v) is 3.51. The van der Waals surface area contributed by atoms with Crippen molar-refractivity contribution in [3.05, 3.63) is 57.0 Å². The van der Waals surface area contributed by atoms with E-state index in [0.29, 0.717) is 16.7 Å². The van der Waals surface area contributed by atoms with Crippen molar-refractivity contribution in [2.75, 3.05) is 0 Å². The predicted molar refractivity (Wildman–Crippen MR) is 85.2 cm³/mol. The third-order valence-electron chi connectivity index (χ3n) is 3.51. The van der Waals surface area contributed by atoms with E-state index in [4.69, 9.17) is 0 Å². The Morgan fingerprint density at radius 3 is 2.78 bits per heavy atom. The first-order valence-electron chi connectivity index (χ1n) is 6.88. The molecule has 3 aromatic rings. The number of phenols is 1. The topological polar surface area (TPSA) is 82.1 Å². The van der Waals surface area contributed by atoms with E-state index in [9.17, 15) is 14.7 Å². The number of aryl methyl sites for hydroxylation is 1. The molecule has 2 heterocycles. The SMILES string of the molecule is Cn1c(=O)c2c(ncn2C)n(CC#Cc2cccc(O)c2)c1=O. The first kappa shape index (κ1) is 14.7. The summed E-state index contributed by atoms with van der Waals surface area (Å²) in [6.45, 7) is 0.0934.